The van der Waals surface area contributed by atoms with Gasteiger partial charge in [0.15, 0.2) is 0 Å². The topological polar surface area (TPSA) is 54.4 Å². The number of hydrazone groups is 1. The summed E-state index contributed by atoms with van der Waals surface area (Å²) >= 11 is 5.81. The molecule has 0 aliphatic rings. The Kier molecular flexibility index (Phi) is 4.26. The Morgan fingerprint density at radius 3 is 2.37 bits per heavy atom. The minimum absolute atomic E-state index is 0.268. The number of nitrogens with zero attached hydrogens (tertiary/aromatic N) is 2. The molecule has 1 heterocycles. The van der Waals surface area contributed by atoms with Crippen molar-refractivity contribution >= 4 is 23.2 Å². The van der Waals surface area contributed by atoms with Crippen LogP contribution in [0.25, 0.3) is 0 Å². The fourth-order valence-corrected chi connectivity index (χ4v) is 1.58. The highest BCUT2D eigenvalue weighted by Crippen LogP contribution is 2.10. The van der Waals surface area contributed by atoms with Gasteiger partial charge in [-0.3, -0.25) is 9.78 Å². The highest BCUT2D eigenvalue weighted by atomic mass is 35.5. The highest BCUT2D eigenvalue weighted by Gasteiger charge is 2.03. The van der Waals surface area contributed by atoms with Gasteiger partial charge in [0.2, 0.25) is 0 Å². The molecule has 1 aromatic heterocycles. The second-order valence-corrected chi connectivity index (χ2v) is 4.32. The van der Waals surface area contributed by atoms with Crippen molar-refractivity contribution in [1.82, 2.24) is 10.4 Å². The number of aromatic nitrogens is 1. The number of hydrogen-bond acceptors (Lipinski definition) is 3. The van der Waals surface area contributed by atoms with Crippen LogP contribution in [0.1, 0.15) is 22.8 Å². The Balaban J connectivity index is 2.06. The molecule has 4 nitrogen and oxygen atoms in total. The van der Waals surface area contributed by atoms with E-state index in [1.54, 1.807) is 36.7 Å². The van der Waals surface area contributed by atoms with Crippen molar-refractivity contribution in [2.75, 3.05) is 0 Å². The molecule has 0 aliphatic heterocycles. The van der Waals surface area contributed by atoms with Gasteiger partial charge in [-0.05, 0) is 36.8 Å². The summed E-state index contributed by atoms with van der Waals surface area (Å²) in [6.07, 6.45) is 3.12. The van der Waals surface area contributed by atoms with Gasteiger partial charge in [0.05, 0.1) is 5.71 Å². The molecule has 0 radical (unpaired) electrons. The van der Waals surface area contributed by atoms with Crippen molar-refractivity contribution in [1.29, 1.82) is 0 Å². The summed E-state index contributed by atoms with van der Waals surface area (Å²) in [6, 6.07) is 10.5. The number of hydrogen-bond donors (Lipinski definition) is 1. The van der Waals surface area contributed by atoms with Gasteiger partial charge in [0.25, 0.3) is 5.91 Å². The summed E-state index contributed by atoms with van der Waals surface area (Å²) < 4.78 is 0. The molecule has 1 amide bonds. The van der Waals surface area contributed by atoms with E-state index in [2.05, 4.69) is 15.5 Å². The SMILES string of the molecule is C/C(=N\NC(=O)c1ccncc1)c1ccc(Cl)cc1. The fourth-order valence-electron chi connectivity index (χ4n) is 1.46. The Hall–Kier alpha value is -2.20. The maximum atomic E-state index is 11.8. The molecular formula is C14H12ClN3O. The van der Waals surface area contributed by atoms with Crippen LogP contribution in [-0.2, 0) is 0 Å². The predicted octanol–water partition coefficient (Wildman–Crippen LogP) is 2.89. The molecule has 0 saturated heterocycles. The van der Waals surface area contributed by atoms with E-state index in [0.29, 0.717) is 16.3 Å². The predicted molar refractivity (Wildman–Crippen MR) is 75.4 cm³/mol. The van der Waals surface area contributed by atoms with Gasteiger partial charge < -0.3 is 0 Å². The number of halogens is 1. The molecule has 0 aliphatic carbocycles. The molecule has 0 bridgehead atoms. The van der Waals surface area contributed by atoms with Gasteiger partial charge in [-0.1, -0.05) is 23.7 Å². The zero-order valence-electron chi connectivity index (χ0n) is 10.3. The zero-order chi connectivity index (χ0) is 13.7. The Labute approximate surface area is 116 Å². The smallest absolute Gasteiger partial charge is 0.267 e. The van der Waals surface area contributed by atoms with Gasteiger partial charge in [0.1, 0.15) is 0 Å². The summed E-state index contributed by atoms with van der Waals surface area (Å²) in [6.45, 7) is 1.82. The van der Waals surface area contributed by atoms with Crippen molar-refractivity contribution in [2.24, 2.45) is 5.10 Å². The van der Waals surface area contributed by atoms with Crippen molar-refractivity contribution < 1.29 is 4.79 Å². The minimum Gasteiger partial charge on any atom is -0.267 e. The average molecular weight is 274 g/mol. The van der Waals surface area contributed by atoms with Crippen LogP contribution in [0.4, 0.5) is 0 Å². The van der Waals surface area contributed by atoms with Crippen molar-refractivity contribution in [2.45, 2.75) is 6.92 Å². The molecule has 0 atom stereocenters. The van der Waals surface area contributed by atoms with Crippen LogP contribution in [0, 0.1) is 0 Å². The summed E-state index contributed by atoms with van der Waals surface area (Å²) in [5, 5.41) is 4.72. The molecule has 0 saturated carbocycles. The number of nitrogens with one attached hydrogen (secondary N) is 1. The molecule has 1 aromatic carbocycles. The van der Waals surface area contributed by atoms with E-state index < -0.39 is 0 Å². The Morgan fingerprint density at radius 2 is 1.74 bits per heavy atom. The quantitative estimate of drug-likeness (QED) is 0.690. The molecule has 1 N–H and O–H groups in total. The normalized spacial score (nSPS) is 11.2. The largest absolute Gasteiger partial charge is 0.271 e. The molecular weight excluding hydrogens is 262 g/mol. The van der Waals surface area contributed by atoms with Crippen LogP contribution in [0.3, 0.4) is 0 Å². The number of pyridine rings is 1. The lowest BCUT2D eigenvalue weighted by molar-refractivity contribution is 0.0954. The van der Waals surface area contributed by atoms with Crippen molar-refractivity contribution in [3.63, 3.8) is 0 Å². The van der Waals surface area contributed by atoms with Crippen LogP contribution in [0.5, 0.6) is 0 Å². The number of carbonyl (C=O) groups is 1. The lowest BCUT2D eigenvalue weighted by atomic mass is 10.1. The van der Waals surface area contributed by atoms with Crippen LogP contribution in [0.15, 0.2) is 53.9 Å². The highest BCUT2D eigenvalue weighted by molar-refractivity contribution is 6.30. The van der Waals surface area contributed by atoms with Crippen LogP contribution < -0.4 is 5.43 Å². The van der Waals surface area contributed by atoms with Gasteiger partial charge in [0, 0.05) is 23.0 Å². The second kappa shape index (κ2) is 6.11. The average Bonchev–Trinajstić information content (AvgIpc) is 2.46. The van der Waals surface area contributed by atoms with E-state index in [0.717, 1.165) is 5.56 Å². The number of rotatable bonds is 3. The van der Waals surface area contributed by atoms with Crippen LogP contribution in [-0.4, -0.2) is 16.6 Å². The zero-order valence-corrected chi connectivity index (χ0v) is 11.1. The van der Waals surface area contributed by atoms with Gasteiger partial charge in [-0.2, -0.15) is 5.10 Å². The number of carbonyl (C=O) groups excluding carboxylic acids is 1. The fraction of sp³-hybridized carbons (Fsp3) is 0.0714. The maximum Gasteiger partial charge on any atom is 0.271 e. The first-order valence-electron chi connectivity index (χ1n) is 5.67. The molecule has 96 valence electrons. The van der Waals surface area contributed by atoms with Crippen molar-refractivity contribution in [3.8, 4) is 0 Å². The first-order valence-corrected chi connectivity index (χ1v) is 6.05. The summed E-state index contributed by atoms with van der Waals surface area (Å²) in [5.74, 6) is -0.268. The van der Waals surface area contributed by atoms with Gasteiger partial charge >= 0.3 is 0 Å². The van der Waals surface area contributed by atoms with E-state index in [9.17, 15) is 4.79 Å². The maximum absolute atomic E-state index is 11.8. The molecule has 2 rings (SSSR count). The first-order chi connectivity index (χ1) is 9.16. The Morgan fingerprint density at radius 1 is 1.11 bits per heavy atom. The molecule has 0 unspecified atom stereocenters. The Bertz CT molecular complexity index is 594. The summed E-state index contributed by atoms with van der Waals surface area (Å²) in [4.78, 5) is 15.6. The van der Waals surface area contributed by atoms with E-state index in [1.165, 1.54) is 0 Å². The monoisotopic (exact) mass is 273 g/mol. The van der Waals surface area contributed by atoms with E-state index >= 15 is 0 Å². The third-order valence-electron chi connectivity index (χ3n) is 2.53. The van der Waals surface area contributed by atoms with E-state index in [4.69, 9.17) is 11.6 Å². The second-order valence-electron chi connectivity index (χ2n) is 3.88. The van der Waals surface area contributed by atoms with Gasteiger partial charge in [-0.15, -0.1) is 0 Å². The first kappa shape index (κ1) is 13.2. The minimum atomic E-state index is -0.268. The lowest BCUT2D eigenvalue weighted by Gasteiger charge is -2.03. The summed E-state index contributed by atoms with van der Waals surface area (Å²) in [7, 11) is 0. The third-order valence-corrected chi connectivity index (χ3v) is 2.78. The van der Waals surface area contributed by atoms with E-state index in [-0.39, 0.29) is 5.91 Å². The van der Waals surface area contributed by atoms with E-state index in [1.807, 2.05) is 19.1 Å². The van der Waals surface area contributed by atoms with Crippen molar-refractivity contribution in [3.05, 3.63) is 64.9 Å². The standard InChI is InChI=1S/C14H12ClN3O/c1-10(11-2-4-13(15)5-3-11)17-18-14(19)12-6-8-16-9-7-12/h2-9H,1H3,(H,18,19)/b17-10+. The lowest BCUT2D eigenvalue weighted by Crippen LogP contribution is -2.19. The van der Waals surface area contributed by atoms with Crippen LogP contribution >= 0.6 is 11.6 Å². The number of amides is 1. The van der Waals surface area contributed by atoms with Crippen LogP contribution in [0.2, 0.25) is 5.02 Å². The van der Waals surface area contributed by atoms with Gasteiger partial charge in [-0.25, -0.2) is 5.43 Å². The third kappa shape index (κ3) is 3.63. The summed E-state index contributed by atoms with van der Waals surface area (Å²) in [5.41, 5.74) is 4.63. The number of benzene rings is 1. The molecule has 5 heteroatoms. The molecule has 0 fully saturated rings. The molecule has 2 aromatic rings. The molecule has 0 spiro atoms. The molecule has 19 heavy (non-hydrogen) atoms.